The van der Waals surface area contributed by atoms with Crippen LogP contribution in [-0.2, 0) is 11.0 Å². The smallest absolute Gasteiger partial charge is 0.313 e. The van der Waals surface area contributed by atoms with Gasteiger partial charge < -0.3 is 4.84 Å². The predicted octanol–water partition coefficient (Wildman–Crippen LogP) is 4.67. The monoisotopic (exact) mass is 337 g/mol. The van der Waals surface area contributed by atoms with Gasteiger partial charge >= 0.3 is 12.1 Å². The first kappa shape index (κ1) is 15.7. The Labute approximate surface area is 137 Å². The van der Waals surface area contributed by atoms with Crippen LogP contribution in [0.5, 0.6) is 0 Å². The second-order valence-electron chi connectivity index (χ2n) is 7.28. The summed E-state index contributed by atoms with van der Waals surface area (Å²) in [4.78, 5) is 17.1. The maximum Gasteiger partial charge on any atom is 0.416 e. The van der Waals surface area contributed by atoms with E-state index < -0.39 is 17.7 Å². The number of halogens is 3. The molecule has 128 valence electrons. The van der Waals surface area contributed by atoms with Crippen LogP contribution < -0.4 is 0 Å². The molecule has 5 rings (SSSR count). The highest BCUT2D eigenvalue weighted by molar-refractivity contribution is 5.93. The van der Waals surface area contributed by atoms with Crippen LogP contribution in [0.1, 0.15) is 48.0 Å². The number of benzene rings is 1. The Bertz CT molecular complexity index is 666. The van der Waals surface area contributed by atoms with Crippen molar-refractivity contribution in [1.29, 1.82) is 0 Å². The third kappa shape index (κ3) is 2.82. The minimum Gasteiger partial charge on any atom is -0.313 e. The van der Waals surface area contributed by atoms with Gasteiger partial charge in [0, 0.05) is 11.8 Å². The van der Waals surface area contributed by atoms with Crippen molar-refractivity contribution < 1.29 is 22.8 Å². The number of hydrogen-bond acceptors (Lipinski definition) is 3. The van der Waals surface area contributed by atoms with E-state index in [0.29, 0.717) is 11.8 Å². The highest BCUT2D eigenvalue weighted by atomic mass is 19.4. The van der Waals surface area contributed by atoms with Gasteiger partial charge in [-0.1, -0.05) is 11.2 Å². The number of alkyl halides is 3. The Hall–Kier alpha value is -1.85. The van der Waals surface area contributed by atoms with Crippen molar-refractivity contribution in [2.45, 2.75) is 38.3 Å². The zero-order valence-electron chi connectivity index (χ0n) is 13.1. The summed E-state index contributed by atoms with van der Waals surface area (Å²) in [6.45, 7) is 0. The third-order valence-corrected chi connectivity index (χ3v) is 5.63. The van der Waals surface area contributed by atoms with E-state index in [0.717, 1.165) is 55.4 Å². The van der Waals surface area contributed by atoms with Gasteiger partial charge in [-0.2, -0.15) is 13.2 Å². The Balaban J connectivity index is 1.49. The maximum absolute atomic E-state index is 12.7. The lowest BCUT2D eigenvalue weighted by Gasteiger charge is -2.49. The molecule has 0 saturated heterocycles. The molecule has 6 heteroatoms. The van der Waals surface area contributed by atoms with Crippen LogP contribution in [0.4, 0.5) is 13.2 Å². The van der Waals surface area contributed by atoms with Crippen molar-refractivity contribution in [3.05, 3.63) is 35.4 Å². The van der Waals surface area contributed by atoms with Crippen LogP contribution in [0.15, 0.2) is 29.4 Å². The van der Waals surface area contributed by atoms with Crippen molar-refractivity contribution in [1.82, 2.24) is 0 Å². The van der Waals surface area contributed by atoms with Crippen LogP contribution in [0.3, 0.4) is 0 Å². The van der Waals surface area contributed by atoms with E-state index in [4.69, 9.17) is 4.84 Å². The lowest BCUT2D eigenvalue weighted by Crippen LogP contribution is -2.45. The first-order valence-electron chi connectivity index (χ1n) is 8.36. The number of rotatable bonds is 2. The summed E-state index contributed by atoms with van der Waals surface area (Å²) >= 11 is 0. The molecule has 0 N–H and O–H groups in total. The Kier molecular flexibility index (Phi) is 3.66. The van der Waals surface area contributed by atoms with Crippen LogP contribution in [0, 0.1) is 23.7 Å². The topological polar surface area (TPSA) is 38.7 Å². The maximum atomic E-state index is 12.7. The van der Waals surface area contributed by atoms with Gasteiger partial charge in [-0.25, -0.2) is 4.79 Å². The van der Waals surface area contributed by atoms with Crippen molar-refractivity contribution in [3.63, 3.8) is 0 Å². The molecule has 0 unspecified atom stereocenters. The molecule has 0 radical (unpaired) electrons. The molecule has 0 heterocycles. The van der Waals surface area contributed by atoms with Gasteiger partial charge in [0.15, 0.2) is 0 Å². The van der Waals surface area contributed by atoms with Gasteiger partial charge in [0.25, 0.3) is 0 Å². The molecule has 24 heavy (non-hydrogen) atoms. The van der Waals surface area contributed by atoms with Crippen LogP contribution >= 0.6 is 0 Å². The van der Waals surface area contributed by atoms with E-state index in [1.807, 2.05) is 0 Å². The van der Waals surface area contributed by atoms with Gasteiger partial charge in [-0.15, -0.1) is 0 Å². The zero-order valence-corrected chi connectivity index (χ0v) is 13.1. The molecule has 4 aliphatic carbocycles. The van der Waals surface area contributed by atoms with Gasteiger partial charge in [0.2, 0.25) is 0 Å². The molecule has 0 atom stereocenters. The summed E-state index contributed by atoms with van der Waals surface area (Å²) in [5.41, 5.74) is -0.0419. The van der Waals surface area contributed by atoms with Crippen LogP contribution in [0.25, 0.3) is 0 Å². The molecule has 4 fully saturated rings. The van der Waals surface area contributed by atoms with E-state index in [2.05, 4.69) is 5.16 Å². The summed E-state index contributed by atoms with van der Waals surface area (Å²) in [6, 6.07) is 4.25. The largest absolute Gasteiger partial charge is 0.416 e. The standard InChI is InChI=1S/C18H18F3NO2/c19-18(20,21)15-3-1-2-12(9-15)17(23)24-22-16-13-5-10-4-11(7-13)8-14(16)6-10/h1-3,9-11,13-14H,4-8H2. The number of carbonyl (C=O) groups is 1. The molecule has 4 bridgehead atoms. The van der Waals surface area contributed by atoms with Crippen molar-refractivity contribution in [2.24, 2.45) is 28.8 Å². The fourth-order valence-corrected chi connectivity index (χ4v) is 4.79. The van der Waals surface area contributed by atoms with Gasteiger partial charge in [0.05, 0.1) is 16.8 Å². The van der Waals surface area contributed by atoms with Gasteiger partial charge in [-0.05, 0) is 62.1 Å². The number of hydrogen-bond donors (Lipinski definition) is 0. The normalized spacial score (nSPS) is 31.2. The van der Waals surface area contributed by atoms with Gasteiger partial charge in [0.1, 0.15) is 0 Å². The van der Waals surface area contributed by atoms with Crippen LogP contribution in [0.2, 0.25) is 0 Å². The summed E-state index contributed by atoms with van der Waals surface area (Å²) in [5.74, 6) is 1.48. The van der Waals surface area contributed by atoms with Crippen molar-refractivity contribution in [3.8, 4) is 0 Å². The highest BCUT2D eigenvalue weighted by Crippen LogP contribution is 2.52. The molecule has 4 aliphatic rings. The average molecular weight is 337 g/mol. The second-order valence-corrected chi connectivity index (χ2v) is 7.28. The van der Waals surface area contributed by atoms with E-state index in [9.17, 15) is 18.0 Å². The first-order valence-corrected chi connectivity index (χ1v) is 8.36. The first-order chi connectivity index (χ1) is 11.4. The predicted molar refractivity (Wildman–Crippen MR) is 81.3 cm³/mol. The molecule has 0 amide bonds. The summed E-state index contributed by atoms with van der Waals surface area (Å²) in [7, 11) is 0. The quantitative estimate of drug-likeness (QED) is 0.581. The molecule has 4 saturated carbocycles. The van der Waals surface area contributed by atoms with E-state index in [1.54, 1.807) is 0 Å². The molecule has 1 aromatic rings. The van der Waals surface area contributed by atoms with E-state index >= 15 is 0 Å². The third-order valence-electron chi connectivity index (χ3n) is 5.63. The van der Waals surface area contributed by atoms with Crippen molar-refractivity contribution in [2.75, 3.05) is 0 Å². The van der Waals surface area contributed by atoms with Gasteiger partial charge in [-0.3, -0.25) is 0 Å². The number of nitrogens with zero attached hydrogens (tertiary/aromatic N) is 1. The van der Waals surface area contributed by atoms with Crippen LogP contribution in [-0.4, -0.2) is 11.7 Å². The molecule has 0 spiro atoms. The molecule has 0 aromatic heterocycles. The lowest BCUT2D eigenvalue weighted by molar-refractivity contribution is -0.137. The van der Waals surface area contributed by atoms with E-state index in [1.165, 1.54) is 18.6 Å². The van der Waals surface area contributed by atoms with E-state index in [-0.39, 0.29) is 5.56 Å². The summed E-state index contributed by atoms with van der Waals surface area (Å²) < 4.78 is 38.2. The Morgan fingerprint density at radius 1 is 1.04 bits per heavy atom. The SMILES string of the molecule is O=C(ON=C1C2CC3CC(C2)CC1C3)c1cccc(C(F)(F)F)c1. The number of carbonyl (C=O) groups excluding carboxylic acids is 1. The minimum atomic E-state index is -4.48. The summed E-state index contributed by atoms with van der Waals surface area (Å²) in [6.07, 6.45) is 1.24. The minimum absolute atomic E-state index is 0.127. The molecular formula is C18H18F3NO2. The zero-order chi connectivity index (χ0) is 16.9. The highest BCUT2D eigenvalue weighted by Gasteiger charge is 2.46. The number of oxime groups is 1. The summed E-state index contributed by atoms with van der Waals surface area (Å²) in [5, 5.41) is 4.08. The fourth-order valence-electron chi connectivity index (χ4n) is 4.79. The second kappa shape index (κ2) is 5.60. The molecule has 3 nitrogen and oxygen atoms in total. The molecular weight excluding hydrogens is 319 g/mol. The Morgan fingerprint density at radius 2 is 1.67 bits per heavy atom. The average Bonchev–Trinajstić information content (AvgIpc) is 2.52. The molecule has 0 aliphatic heterocycles. The fraction of sp³-hybridized carbons (Fsp3) is 0.556. The lowest BCUT2D eigenvalue weighted by atomic mass is 9.55. The molecule has 1 aromatic carbocycles. The van der Waals surface area contributed by atoms with Crippen molar-refractivity contribution >= 4 is 11.7 Å². The Morgan fingerprint density at radius 3 is 2.25 bits per heavy atom.